The van der Waals surface area contributed by atoms with Crippen molar-refractivity contribution in [3.63, 3.8) is 0 Å². The van der Waals surface area contributed by atoms with Gasteiger partial charge in [-0.2, -0.15) is 0 Å². The molecule has 1 N–H and O–H groups in total. The van der Waals surface area contributed by atoms with Crippen LogP contribution in [-0.4, -0.2) is 39.3 Å². The number of hydrogen-bond donors (Lipinski definition) is 1. The molecule has 140 valence electrons. The molecule has 0 spiro atoms. The molecule has 0 atom stereocenters. The average Bonchev–Trinajstić information content (AvgIpc) is 2.58. The summed E-state index contributed by atoms with van der Waals surface area (Å²) >= 11 is 5.99. The molecule has 8 heteroatoms. The summed E-state index contributed by atoms with van der Waals surface area (Å²) in [5.74, 6) is 0.405. The Morgan fingerprint density at radius 1 is 1.15 bits per heavy atom. The molecule has 26 heavy (non-hydrogen) atoms. The van der Waals surface area contributed by atoms with Crippen molar-refractivity contribution < 1.29 is 17.9 Å². The molecule has 0 aliphatic carbocycles. The molecule has 0 radical (unpaired) electrons. The predicted octanol–water partition coefficient (Wildman–Crippen LogP) is 3.31. The molecule has 0 fully saturated rings. The summed E-state index contributed by atoms with van der Waals surface area (Å²) in [5.41, 5.74) is 1.48. The van der Waals surface area contributed by atoms with Crippen LogP contribution in [0, 0.1) is 6.92 Å². The second kappa shape index (κ2) is 8.53. The van der Waals surface area contributed by atoms with Crippen molar-refractivity contribution in [3.05, 3.63) is 53.1 Å². The smallest absolute Gasteiger partial charge is 0.244 e. The summed E-state index contributed by atoms with van der Waals surface area (Å²) in [6.07, 6.45) is 0.131. The number of nitrogens with zero attached hydrogens (tertiary/aromatic N) is 1. The normalized spacial score (nSPS) is 11.4. The van der Waals surface area contributed by atoms with Crippen molar-refractivity contribution in [2.45, 2.75) is 18.2 Å². The number of aryl methyl sites for hydroxylation is 1. The number of hydrogen-bond acceptors (Lipinski definition) is 4. The van der Waals surface area contributed by atoms with E-state index in [1.165, 1.54) is 26.2 Å². The summed E-state index contributed by atoms with van der Waals surface area (Å²) in [6, 6.07) is 11.9. The van der Waals surface area contributed by atoms with Crippen LogP contribution in [0.15, 0.2) is 47.4 Å². The van der Waals surface area contributed by atoms with E-state index < -0.39 is 10.0 Å². The highest BCUT2D eigenvalue weighted by Crippen LogP contribution is 2.26. The number of benzene rings is 2. The zero-order valence-electron chi connectivity index (χ0n) is 14.8. The molecule has 1 amide bonds. The molecular formula is C18H21ClN2O4S. The van der Waals surface area contributed by atoms with Crippen molar-refractivity contribution in [1.29, 1.82) is 0 Å². The molecule has 2 rings (SSSR count). The summed E-state index contributed by atoms with van der Waals surface area (Å²) in [4.78, 5) is 12.0. The second-order valence-electron chi connectivity index (χ2n) is 5.89. The molecule has 0 saturated heterocycles. The lowest BCUT2D eigenvalue weighted by Gasteiger charge is -2.14. The molecule has 0 aliphatic heterocycles. The Kier molecular flexibility index (Phi) is 6.63. The molecular weight excluding hydrogens is 376 g/mol. The van der Waals surface area contributed by atoms with E-state index in [1.54, 1.807) is 6.07 Å². The van der Waals surface area contributed by atoms with Crippen LogP contribution in [0.1, 0.15) is 12.0 Å². The topological polar surface area (TPSA) is 75.7 Å². The summed E-state index contributed by atoms with van der Waals surface area (Å²) < 4.78 is 31.1. The van der Waals surface area contributed by atoms with Gasteiger partial charge in [-0.3, -0.25) is 4.79 Å². The van der Waals surface area contributed by atoms with Crippen molar-refractivity contribution >= 4 is 33.2 Å². The number of amides is 1. The largest absolute Gasteiger partial charge is 0.493 e. The van der Waals surface area contributed by atoms with E-state index in [1.807, 2.05) is 31.2 Å². The van der Waals surface area contributed by atoms with E-state index in [-0.39, 0.29) is 28.9 Å². The highest BCUT2D eigenvalue weighted by molar-refractivity contribution is 7.89. The molecule has 0 heterocycles. The SMILES string of the molecule is Cc1ccc(OCCC(=O)Nc2ccc(Cl)c(S(=O)(=O)N(C)C)c2)cc1. The second-order valence-corrected chi connectivity index (χ2v) is 8.42. The number of rotatable bonds is 7. The summed E-state index contributed by atoms with van der Waals surface area (Å²) in [5, 5.41) is 2.75. The Morgan fingerprint density at radius 2 is 1.81 bits per heavy atom. The van der Waals surface area contributed by atoms with Crippen LogP contribution in [0.2, 0.25) is 5.02 Å². The van der Waals surface area contributed by atoms with E-state index in [4.69, 9.17) is 16.3 Å². The lowest BCUT2D eigenvalue weighted by molar-refractivity contribution is -0.116. The van der Waals surface area contributed by atoms with E-state index in [9.17, 15) is 13.2 Å². The number of halogens is 1. The van der Waals surface area contributed by atoms with E-state index in [2.05, 4.69) is 5.32 Å². The van der Waals surface area contributed by atoms with Crippen LogP contribution in [0.4, 0.5) is 5.69 Å². The first kappa shape index (κ1) is 20.2. The Bertz CT molecular complexity index is 881. The van der Waals surface area contributed by atoms with Crippen LogP contribution in [0.5, 0.6) is 5.75 Å². The lowest BCUT2D eigenvalue weighted by Crippen LogP contribution is -2.23. The first-order chi connectivity index (χ1) is 12.2. The lowest BCUT2D eigenvalue weighted by atomic mass is 10.2. The zero-order chi connectivity index (χ0) is 19.3. The maximum absolute atomic E-state index is 12.3. The highest BCUT2D eigenvalue weighted by atomic mass is 35.5. The van der Waals surface area contributed by atoms with Crippen molar-refractivity contribution in [3.8, 4) is 5.75 Å². The molecule has 0 unspecified atom stereocenters. The van der Waals surface area contributed by atoms with Gasteiger partial charge >= 0.3 is 0 Å². The fourth-order valence-electron chi connectivity index (χ4n) is 2.10. The number of carbonyl (C=O) groups is 1. The van der Waals surface area contributed by atoms with E-state index in [0.29, 0.717) is 11.4 Å². The quantitative estimate of drug-likeness (QED) is 0.779. The number of sulfonamides is 1. The first-order valence-corrected chi connectivity index (χ1v) is 9.73. The van der Waals surface area contributed by atoms with Gasteiger partial charge in [-0.05, 0) is 37.3 Å². The third kappa shape index (κ3) is 5.20. The summed E-state index contributed by atoms with van der Waals surface area (Å²) in [7, 11) is -0.865. The molecule has 2 aromatic rings. The van der Waals surface area contributed by atoms with Crippen LogP contribution in [0.25, 0.3) is 0 Å². The molecule has 6 nitrogen and oxygen atoms in total. The predicted molar refractivity (Wildman–Crippen MR) is 102 cm³/mol. The van der Waals surface area contributed by atoms with Gasteiger partial charge in [-0.15, -0.1) is 0 Å². The molecule has 0 saturated carbocycles. The molecule has 2 aromatic carbocycles. The minimum absolute atomic E-state index is 0.0575. The number of carbonyl (C=O) groups excluding carboxylic acids is 1. The average molecular weight is 397 g/mol. The molecule has 0 aliphatic rings. The highest BCUT2D eigenvalue weighted by Gasteiger charge is 2.21. The van der Waals surface area contributed by atoms with E-state index >= 15 is 0 Å². The number of anilines is 1. The number of nitrogens with one attached hydrogen (secondary N) is 1. The van der Waals surface area contributed by atoms with Crippen LogP contribution in [0.3, 0.4) is 0 Å². The third-order valence-electron chi connectivity index (χ3n) is 3.59. The van der Waals surface area contributed by atoms with Gasteiger partial charge in [0.15, 0.2) is 0 Å². The Labute approximate surface area is 158 Å². The Morgan fingerprint density at radius 3 is 2.42 bits per heavy atom. The van der Waals surface area contributed by atoms with Gasteiger partial charge in [-0.25, -0.2) is 12.7 Å². The maximum Gasteiger partial charge on any atom is 0.244 e. The molecule has 0 bridgehead atoms. The van der Waals surface area contributed by atoms with Gasteiger partial charge < -0.3 is 10.1 Å². The van der Waals surface area contributed by atoms with Crippen molar-refractivity contribution in [1.82, 2.24) is 4.31 Å². The Balaban J connectivity index is 1.97. The molecule has 0 aromatic heterocycles. The van der Waals surface area contributed by atoms with E-state index in [0.717, 1.165) is 9.87 Å². The van der Waals surface area contributed by atoms with Crippen molar-refractivity contribution in [2.75, 3.05) is 26.0 Å². The van der Waals surface area contributed by atoms with Crippen molar-refractivity contribution in [2.24, 2.45) is 0 Å². The van der Waals surface area contributed by atoms with Crippen LogP contribution in [-0.2, 0) is 14.8 Å². The zero-order valence-corrected chi connectivity index (χ0v) is 16.4. The standard InChI is InChI=1S/C18H21ClN2O4S/c1-13-4-7-15(8-5-13)25-11-10-18(22)20-14-6-9-16(19)17(12-14)26(23,24)21(2)3/h4-9,12H,10-11H2,1-3H3,(H,20,22). The monoisotopic (exact) mass is 396 g/mol. The van der Waals surface area contributed by atoms with Gasteiger partial charge in [0.1, 0.15) is 10.6 Å². The first-order valence-electron chi connectivity index (χ1n) is 7.91. The minimum atomic E-state index is -3.70. The van der Waals surface area contributed by atoms with Gasteiger partial charge in [0.25, 0.3) is 0 Å². The summed E-state index contributed by atoms with van der Waals surface area (Å²) in [6.45, 7) is 2.19. The number of ether oxygens (including phenoxy) is 1. The van der Waals surface area contributed by atoms with Crippen LogP contribution >= 0.6 is 11.6 Å². The van der Waals surface area contributed by atoms with Gasteiger partial charge in [0.05, 0.1) is 18.1 Å². The fourth-order valence-corrected chi connectivity index (χ4v) is 3.49. The fraction of sp³-hybridized carbons (Fsp3) is 0.278. The Hall–Kier alpha value is -2.09. The van der Waals surface area contributed by atoms with Gasteiger partial charge in [-0.1, -0.05) is 29.3 Å². The van der Waals surface area contributed by atoms with Gasteiger partial charge in [0, 0.05) is 19.8 Å². The maximum atomic E-state index is 12.3. The van der Waals surface area contributed by atoms with Gasteiger partial charge in [0.2, 0.25) is 15.9 Å². The minimum Gasteiger partial charge on any atom is -0.493 e. The van der Waals surface area contributed by atoms with Crippen LogP contribution < -0.4 is 10.1 Å². The third-order valence-corrected chi connectivity index (χ3v) is 5.89.